The Balaban J connectivity index is 1.69. The lowest BCUT2D eigenvalue weighted by Crippen LogP contribution is -2.37. The molecule has 0 aliphatic rings. The van der Waals surface area contributed by atoms with Crippen molar-refractivity contribution in [1.29, 1.82) is 0 Å². The number of benzene rings is 2. The summed E-state index contributed by atoms with van der Waals surface area (Å²) in [6, 6.07) is 12.0. The highest BCUT2D eigenvalue weighted by molar-refractivity contribution is 5.82. The van der Waals surface area contributed by atoms with E-state index in [-0.39, 0.29) is 29.9 Å². The smallest absolute Gasteiger partial charge is 0.252 e. The van der Waals surface area contributed by atoms with Gasteiger partial charge >= 0.3 is 0 Å². The number of aliphatic hydroxyl groups is 1. The topological polar surface area (TPSA) is 99.9 Å². The van der Waals surface area contributed by atoms with Crippen molar-refractivity contribution >= 4 is 10.9 Å². The molecule has 4 aromatic rings. The van der Waals surface area contributed by atoms with Crippen LogP contribution in [0.25, 0.3) is 10.9 Å². The Morgan fingerprint density at radius 1 is 1.14 bits per heavy atom. The molecule has 0 saturated carbocycles. The van der Waals surface area contributed by atoms with Crippen LogP contribution >= 0.6 is 0 Å². The predicted octanol–water partition coefficient (Wildman–Crippen LogP) is 3.51. The van der Waals surface area contributed by atoms with Gasteiger partial charge in [-0.1, -0.05) is 37.6 Å². The van der Waals surface area contributed by atoms with E-state index in [4.69, 9.17) is 0 Å². The molecular weight excluding hydrogens is 447 g/mol. The van der Waals surface area contributed by atoms with Gasteiger partial charge in [0.2, 0.25) is 0 Å². The van der Waals surface area contributed by atoms with Gasteiger partial charge in [0.05, 0.1) is 24.7 Å². The third-order valence-corrected chi connectivity index (χ3v) is 6.23. The van der Waals surface area contributed by atoms with Crippen LogP contribution in [0, 0.1) is 25.6 Å². The van der Waals surface area contributed by atoms with Gasteiger partial charge in [-0.25, -0.2) is 9.07 Å². The van der Waals surface area contributed by atoms with E-state index in [2.05, 4.69) is 40.4 Å². The molecule has 2 heterocycles. The molecule has 0 fully saturated rings. The standard InChI is InChI=1S/C26H31FN6O2/c1-16(2)24(25-29-30-31-33(25)14-19-5-7-22(27)8-6-19)32(9-10-34)15-21-13-20-12-17(3)11-18(4)23(20)28-26(21)35/h5-8,11-13,16,24,34H,9-10,14-15H2,1-4H3,(H,28,35)/t24-/m1/s1. The van der Waals surface area contributed by atoms with Crippen molar-refractivity contribution in [2.24, 2.45) is 5.92 Å². The highest BCUT2D eigenvalue weighted by Gasteiger charge is 2.29. The largest absolute Gasteiger partial charge is 0.395 e. The number of pyridine rings is 1. The van der Waals surface area contributed by atoms with E-state index in [0.29, 0.717) is 31.0 Å². The zero-order valence-electron chi connectivity index (χ0n) is 20.5. The Morgan fingerprint density at radius 3 is 2.57 bits per heavy atom. The second-order valence-corrected chi connectivity index (χ2v) is 9.37. The van der Waals surface area contributed by atoms with Crippen molar-refractivity contribution in [2.45, 2.75) is 46.8 Å². The van der Waals surface area contributed by atoms with Crippen LogP contribution in [0.4, 0.5) is 4.39 Å². The lowest BCUT2D eigenvalue weighted by molar-refractivity contribution is 0.106. The Morgan fingerprint density at radius 2 is 1.89 bits per heavy atom. The molecule has 2 N–H and O–H groups in total. The van der Waals surface area contributed by atoms with Gasteiger partial charge in [-0.15, -0.1) is 5.10 Å². The SMILES string of the molecule is Cc1cc(C)c2[nH]c(=O)c(CN(CCO)[C@@H](c3nnnn3Cc3ccc(F)cc3)C(C)C)cc2c1. The van der Waals surface area contributed by atoms with E-state index in [1.165, 1.54) is 12.1 Å². The quantitative estimate of drug-likeness (QED) is 0.382. The first-order valence-electron chi connectivity index (χ1n) is 11.8. The van der Waals surface area contributed by atoms with Crippen molar-refractivity contribution in [2.75, 3.05) is 13.2 Å². The highest BCUT2D eigenvalue weighted by Crippen LogP contribution is 2.29. The van der Waals surface area contributed by atoms with Gasteiger partial charge in [0.1, 0.15) is 5.82 Å². The molecule has 0 aliphatic carbocycles. The molecule has 35 heavy (non-hydrogen) atoms. The number of hydrogen-bond donors (Lipinski definition) is 2. The van der Waals surface area contributed by atoms with Crippen LogP contribution in [-0.2, 0) is 13.1 Å². The number of aliphatic hydroxyl groups excluding tert-OH is 1. The Hall–Kier alpha value is -3.43. The minimum atomic E-state index is -0.300. The van der Waals surface area contributed by atoms with E-state index in [0.717, 1.165) is 27.6 Å². The molecule has 0 saturated heterocycles. The number of nitrogens with one attached hydrogen (secondary N) is 1. The van der Waals surface area contributed by atoms with Gasteiger partial charge in [0, 0.05) is 18.7 Å². The minimum absolute atomic E-state index is 0.0769. The molecule has 0 bridgehead atoms. The Bertz CT molecular complexity index is 1360. The van der Waals surface area contributed by atoms with Crippen LogP contribution in [-0.4, -0.2) is 48.3 Å². The van der Waals surface area contributed by atoms with Gasteiger partial charge in [-0.05, 0) is 71.0 Å². The normalized spacial score (nSPS) is 12.7. The Kier molecular flexibility index (Phi) is 7.37. The number of H-pyrrole nitrogens is 1. The summed E-state index contributed by atoms with van der Waals surface area (Å²) in [4.78, 5) is 18.1. The number of rotatable bonds is 9. The van der Waals surface area contributed by atoms with Crippen LogP contribution in [0.1, 0.15) is 48.0 Å². The molecule has 2 aromatic heterocycles. The second kappa shape index (κ2) is 10.5. The van der Waals surface area contributed by atoms with Gasteiger partial charge in [-0.3, -0.25) is 9.69 Å². The first-order valence-corrected chi connectivity index (χ1v) is 11.8. The van der Waals surface area contributed by atoms with Crippen molar-refractivity contribution in [3.63, 3.8) is 0 Å². The summed E-state index contributed by atoms with van der Waals surface area (Å²) in [7, 11) is 0. The summed E-state index contributed by atoms with van der Waals surface area (Å²) in [6.07, 6.45) is 0. The number of fused-ring (bicyclic) bond motifs is 1. The van der Waals surface area contributed by atoms with Crippen molar-refractivity contribution in [3.8, 4) is 0 Å². The zero-order valence-corrected chi connectivity index (χ0v) is 20.5. The first-order chi connectivity index (χ1) is 16.8. The number of tetrazole rings is 1. The molecule has 0 amide bonds. The average Bonchev–Trinajstić information content (AvgIpc) is 3.24. The van der Waals surface area contributed by atoms with Crippen LogP contribution < -0.4 is 5.56 Å². The number of hydrogen-bond acceptors (Lipinski definition) is 6. The molecule has 0 spiro atoms. The molecule has 1 atom stereocenters. The Labute approximate surface area is 203 Å². The molecule has 0 radical (unpaired) electrons. The van der Waals surface area contributed by atoms with Gasteiger partial charge in [0.25, 0.3) is 5.56 Å². The van der Waals surface area contributed by atoms with E-state index in [1.54, 1.807) is 16.8 Å². The van der Waals surface area contributed by atoms with E-state index in [1.807, 2.05) is 30.9 Å². The zero-order chi connectivity index (χ0) is 25.1. The van der Waals surface area contributed by atoms with Gasteiger partial charge in [0.15, 0.2) is 5.82 Å². The van der Waals surface area contributed by atoms with Crippen LogP contribution in [0.5, 0.6) is 0 Å². The number of aromatic amines is 1. The van der Waals surface area contributed by atoms with E-state index in [9.17, 15) is 14.3 Å². The van der Waals surface area contributed by atoms with Crippen LogP contribution in [0.2, 0.25) is 0 Å². The number of halogens is 1. The molecule has 184 valence electrons. The monoisotopic (exact) mass is 478 g/mol. The first kappa shape index (κ1) is 24.7. The fourth-order valence-electron chi connectivity index (χ4n) is 4.70. The van der Waals surface area contributed by atoms with Crippen molar-refractivity contribution < 1.29 is 9.50 Å². The molecule has 9 heteroatoms. The van der Waals surface area contributed by atoms with Crippen molar-refractivity contribution in [1.82, 2.24) is 30.1 Å². The summed E-state index contributed by atoms with van der Waals surface area (Å²) < 4.78 is 15.0. The summed E-state index contributed by atoms with van der Waals surface area (Å²) in [5, 5.41) is 23.2. The lowest BCUT2D eigenvalue weighted by atomic mass is 10.00. The van der Waals surface area contributed by atoms with Crippen LogP contribution in [0.15, 0.2) is 47.3 Å². The molecule has 8 nitrogen and oxygen atoms in total. The third-order valence-electron chi connectivity index (χ3n) is 6.23. The fourth-order valence-corrected chi connectivity index (χ4v) is 4.70. The van der Waals surface area contributed by atoms with E-state index < -0.39 is 0 Å². The van der Waals surface area contributed by atoms with E-state index >= 15 is 0 Å². The molecule has 2 aromatic carbocycles. The summed E-state index contributed by atoms with van der Waals surface area (Å²) in [6.45, 7) is 9.11. The number of nitrogens with zero attached hydrogens (tertiary/aromatic N) is 5. The molecule has 4 rings (SSSR count). The highest BCUT2D eigenvalue weighted by atomic mass is 19.1. The summed E-state index contributed by atoms with van der Waals surface area (Å²) in [5.41, 5.74) is 4.31. The maximum atomic E-state index is 13.3. The third kappa shape index (κ3) is 5.47. The van der Waals surface area contributed by atoms with Gasteiger partial charge < -0.3 is 10.1 Å². The average molecular weight is 479 g/mol. The maximum Gasteiger partial charge on any atom is 0.252 e. The van der Waals surface area contributed by atoms with Crippen molar-refractivity contribution in [3.05, 3.63) is 86.7 Å². The predicted molar refractivity (Wildman–Crippen MR) is 132 cm³/mol. The maximum absolute atomic E-state index is 13.3. The molecule has 0 unspecified atom stereocenters. The fraction of sp³-hybridized carbons (Fsp3) is 0.385. The molecular formula is C26H31FN6O2. The molecule has 0 aliphatic heterocycles. The lowest BCUT2D eigenvalue weighted by Gasteiger charge is -2.33. The second-order valence-electron chi connectivity index (χ2n) is 9.37. The number of aryl methyl sites for hydroxylation is 2. The van der Waals surface area contributed by atoms with Crippen LogP contribution in [0.3, 0.4) is 0 Å². The van der Waals surface area contributed by atoms with Gasteiger partial charge in [-0.2, -0.15) is 0 Å². The minimum Gasteiger partial charge on any atom is -0.395 e. The number of aromatic nitrogens is 5. The summed E-state index contributed by atoms with van der Waals surface area (Å²) >= 11 is 0. The summed E-state index contributed by atoms with van der Waals surface area (Å²) in [5.74, 6) is 0.413.